The van der Waals surface area contributed by atoms with Crippen LogP contribution < -0.4 is 15.5 Å². The first-order valence-electron chi connectivity index (χ1n) is 11.6. The smallest absolute Gasteiger partial charge is 0.227 e. The number of aliphatic imine (C=N–C) groups is 1. The Kier molecular flexibility index (Phi) is 8.55. The SMILES string of the molecule is CCNC(=NCc1ccc(N2CCCC2=O)cc1)NCC1(CCOCC)CCCC1. The van der Waals surface area contributed by atoms with E-state index in [0.29, 0.717) is 18.4 Å². The molecule has 6 nitrogen and oxygen atoms in total. The lowest BCUT2D eigenvalue weighted by Crippen LogP contribution is -2.43. The van der Waals surface area contributed by atoms with E-state index in [1.165, 1.54) is 25.7 Å². The van der Waals surface area contributed by atoms with Gasteiger partial charge in [0.05, 0.1) is 6.54 Å². The topological polar surface area (TPSA) is 66.0 Å². The summed E-state index contributed by atoms with van der Waals surface area (Å²) in [5, 5.41) is 6.97. The van der Waals surface area contributed by atoms with Crippen molar-refractivity contribution in [3.8, 4) is 0 Å². The normalized spacial score (nSPS) is 18.8. The molecule has 0 bridgehead atoms. The van der Waals surface area contributed by atoms with E-state index in [0.717, 1.165) is 62.9 Å². The van der Waals surface area contributed by atoms with Crippen molar-refractivity contribution < 1.29 is 9.53 Å². The van der Waals surface area contributed by atoms with Crippen molar-refractivity contribution in [2.45, 2.75) is 65.3 Å². The van der Waals surface area contributed by atoms with Gasteiger partial charge < -0.3 is 20.3 Å². The minimum Gasteiger partial charge on any atom is -0.382 e. The number of benzene rings is 1. The maximum Gasteiger partial charge on any atom is 0.227 e. The number of nitrogens with one attached hydrogen (secondary N) is 2. The van der Waals surface area contributed by atoms with Gasteiger partial charge in [-0.2, -0.15) is 0 Å². The monoisotopic (exact) mass is 414 g/mol. The highest BCUT2D eigenvalue weighted by Gasteiger charge is 2.33. The number of guanidine groups is 1. The number of hydrogen-bond acceptors (Lipinski definition) is 3. The van der Waals surface area contributed by atoms with Crippen molar-refractivity contribution in [1.29, 1.82) is 0 Å². The first-order valence-corrected chi connectivity index (χ1v) is 11.6. The Morgan fingerprint density at radius 2 is 1.90 bits per heavy atom. The molecule has 1 saturated heterocycles. The highest BCUT2D eigenvalue weighted by molar-refractivity contribution is 5.95. The van der Waals surface area contributed by atoms with Gasteiger partial charge in [-0.15, -0.1) is 0 Å². The molecular weight excluding hydrogens is 376 g/mol. The van der Waals surface area contributed by atoms with E-state index in [1.807, 2.05) is 17.0 Å². The van der Waals surface area contributed by atoms with Gasteiger partial charge in [0.2, 0.25) is 5.91 Å². The zero-order chi connectivity index (χ0) is 21.2. The van der Waals surface area contributed by atoms with E-state index in [-0.39, 0.29) is 5.91 Å². The van der Waals surface area contributed by atoms with E-state index in [1.54, 1.807) is 0 Å². The second-order valence-electron chi connectivity index (χ2n) is 8.52. The van der Waals surface area contributed by atoms with Crippen LogP contribution in [0.1, 0.15) is 64.4 Å². The molecule has 1 amide bonds. The molecule has 1 heterocycles. The summed E-state index contributed by atoms with van der Waals surface area (Å²) in [5.74, 6) is 1.10. The van der Waals surface area contributed by atoms with Crippen molar-refractivity contribution in [3.05, 3.63) is 29.8 Å². The van der Waals surface area contributed by atoms with Crippen molar-refractivity contribution in [1.82, 2.24) is 10.6 Å². The van der Waals surface area contributed by atoms with E-state index in [2.05, 4.69) is 36.6 Å². The Morgan fingerprint density at radius 3 is 2.53 bits per heavy atom. The maximum atomic E-state index is 11.9. The van der Waals surface area contributed by atoms with Gasteiger partial charge in [0.1, 0.15) is 0 Å². The number of anilines is 1. The molecule has 2 N–H and O–H groups in total. The van der Waals surface area contributed by atoms with Gasteiger partial charge in [0, 0.05) is 45.0 Å². The third-order valence-corrected chi connectivity index (χ3v) is 6.36. The predicted octanol–water partition coefficient (Wildman–Crippen LogP) is 3.86. The van der Waals surface area contributed by atoms with Crippen molar-refractivity contribution in [2.75, 3.05) is 37.7 Å². The Hall–Kier alpha value is -2.08. The first-order chi connectivity index (χ1) is 14.7. The standard InChI is InChI=1S/C24H38N4O2/c1-3-25-23(27-19-24(13-5-6-14-24)15-17-30-4-2)26-18-20-9-11-21(12-10-20)28-16-7-8-22(28)29/h9-12H,3-8,13-19H2,1-2H3,(H2,25,26,27). The van der Waals surface area contributed by atoms with E-state index in [4.69, 9.17) is 9.73 Å². The molecule has 1 aliphatic heterocycles. The van der Waals surface area contributed by atoms with Crippen molar-refractivity contribution in [3.63, 3.8) is 0 Å². The lowest BCUT2D eigenvalue weighted by molar-refractivity contribution is -0.117. The number of carbonyl (C=O) groups excluding carboxylic acids is 1. The van der Waals surface area contributed by atoms with Gasteiger partial charge in [-0.1, -0.05) is 25.0 Å². The van der Waals surface area contributed by atoms with Crippen LogP contribution in [-0.2, 0) is 16.1 Å². The molecule has 6 heteroatoms. The molecule has 1 saturated carbocycles. The van der Waals surface area contributed by atoms with Gasteiger partial charge in [0.25, 0.3) is 0 Å². The van der Waals surface area contributed by atoms with Crippen LogP contribution in [0.25, 0.3) is 0 Å². The number of nitrogens with zero attached hydrogens (tertiary/aromatic N) is 2. The van der Waals surface area contributed by atoms with Crippen molar-refractivity contribution >= 4 is 17.6 Å². The van der Waals surface area contributed by atoms with Crippen LogP contribution in [0.4, 0.5) is 5.69 Å². The summed E-state index contributed by atoms with van der Waals surface area (Å²) in [4.78, 5) is 18.6. The first kappa shape index (κ1) is 22.6. The van der Waals surface area contributed by atoms with Crippen LogP contribution in [0.3, 0.4) is 0 Å². The second kappa shape index (κ2) is 11.3. The Labute approximate surface area is 181 Å². The van der Waals surface area contributed by atoms with Crippen LogP contribution in [-0.4, -0.2) is 44.7 Å². The second-order valence-corrected chi connectivity index (χ2v) is 8.52. The van der Waals surface area contributed by atoms with Crippen LogP contribution in [0.2, 0.25) is 0 Å². The lowest BCUT2D eigenvalue weighted by Gasteiger charge is -2.30. The molecule has 2 fully saturated rings. The Balaban J connectivity index is 1.56. The van der Waals surface area contributed by atoms with Crippen LogP contribution >= 0.6 is 0 Å². The summed E-state index contributed by atoms with van der Waals surface area (Å²) < 4.78 is 5.64. The molecule has 0 unspecified atom stereocenters. The molecule has 166 valence electrons. The summed E-state index contributed by atoms with van der Waals surface area (Å²) >= 11 is 0. The Morgan fingerprint density at radius 1 is 1.13 bits per heavy atom. The molecular formula is C24H38N4O2. The molecule has 30 heavy (non-hydrogen) atoms. The fraction of sp³-hybridized carbons (Fsp3) is 0.667. The molecule has 0 atom stereocenters. The van der Waals surface area contributed by atoms with Gasteiger partial charge in [-0.05, 0) is 62.6 Å². The minimum atomic E-state index is 0.226. The molecule has 2 aliphatic rings. The van der Waals surface area contributed by atoms with Gasteiger partial charge in [-0.25, -0.2) is 4.99 Å². The van der Waals surface area contributed by atoms with E-state index >= 15 is 0 Å². The third kappa shape index (κ3) is 6.21. The fourth-order valence-corrected chi connectivity index (χ4v) is 4.56. The molecule has 0 aromatic heterocycles. The summed E-state index contributed by atoms with van der Waals surface area (Å²) in [7, 11) is 0. The summed E-state index contributed by atoms with van der Waals surface area (Å²) in [5.41, 5.74) is 2.47. The van der Waals surface area contributed by atoms with Gasteiger partial charge in [-0.3, -0.25) is 4.79 Å². The molecule has 0 spiro atoms. The lowest BCUT2D eigenvalue weighted by atomic mass is 9.83. The molecule has 1 aromatic carbocycles. The molecule has 1 aromatic rings. The third-order valence-electron chi connectivity index (χ3n) is 6.36. The fourth-order valence-electron chi connectivity index (χ4n) is 4.56. The van der Waals surface area contributed by atoms with Crippen LogP contribution in [0.15, 0.2) is 29.3 Å². The van der Waals surface area contributed by atoms with Gasteiger partial charge >= 0.3 is 0 Å². The maximum absolute atomic E-state index is 11.9. The van der Waals surface area contributed by atoms with Crippen LogP contribution in [0, 0.1) is 5.41 Å². The van der Waals surface area contributed by atoms with E-state index < -0.39 is 0 Å². The largest absolute Gasteiger partial charge is 0.382 e. The number of amides is 1. The summed E-state index contributed by atoms with van der Waals surface area (Å²) in [6, 6.07) is 8.23. The van der Waals surface area contributed by atoms with Crippen LogP contribution in [0.5, 0.6) is 0 Å². The number of hydrogen-bond donors (Lipinski definition) is 2. The average molecular weight is 415 g/mol. The Bertz CT molecular complexity index is 696. The summed E-state index contributed by atoms with van der Waals surface area (Å²) in [6.45, 7) is 9.03. The van der Waals surface area contributed by atoms with Crippen molar-refractivity contribution in [2.24, 2.45) is 10.4 Å². The highest BCUT2D eigenvalue weighted by Crippen LogP contribution is 2.40. The zero-order valence-corrected chi connectivity index (χ0v) is 18.7. The number of carbonyl (C=O) groups is 1. The van der Waals surface area contributed by atoms with Gasteiger partial charge in [0.15, 0.2) is 5.96 Å². The number of ether oxygens (including phenoxy) is 1. The van der Waals surface area contributed by atoms with E-state index in [9.17, 15) is 4.79 Å². The highest BCUT2D eigenvalue weighted by atomic mass is 16.5. The zero-order valence-electron chi connectivity index (χ0n) is 18.7. The quantitative estimate of drug-likeness (QED) is 0.347. The summed E-state index contributed by atoms with van der Waals surface area (Å²) in [6.07, 6.45) is 7.89. The molecule has 1 aliphatic carbocycles. The predicted molar refractivity (Wildman–Crippen MR) is 123 cm³/mol. The molecule has 3 rings (SSSR count). The minimum absolute atomic E-state index is 0.226. The molecule has 0 radical (unpaired) electrons. The number of rotatable bonds is 10. The average Bonchev–Trinajstić information content (AvgIpc) is 3.40.